The van der Waals surface area contributed by atoms with Gasteiger partial charge in [0.2, 0.25) is 0 Å². The van der Waals surface area contributed by atoms with Crippen LogP contribution in [0.2, 0.25) is 0 Å². The minimum atomic E-state index is -4.61. The normalized spacial score (nSPS) is 20.2. The summed E-state index contributed by atoms with van der Waals surface area (Å²) in [6.45, 7) is -1.63. The summed E-state index contributed by atoms with van der Waals surface area (Å²) in [4.78, 5) is -0.0374. The van der Waals surface area contributed by atoms with Gasteiger partial charge in [-0.25, -0.2) is 0 Å². The Hall–Kier alpha value is -0.450. The number of hydrogen-bond acceptors (Lipinski definition) is 3. The van der Waals surface area contributed by atoms with Gasteiger partial charge in [-0.3, -0.25) is 0 Å². The second-order valence-electron chi connectivity index (χ2n) is 4.55. The predicted molar refractivity (Wildman–Crippen MR) is 68.7 cm³/mol. The Bertz CT molecular complexity index is 430. The molecule has 1 aliphatic carbocycles. The van der Waals surface area contributed by atoms with Crippen molar-refractivity contribution in [1.29, 1.82) is 0 Å². The van der Waals surface area contributed by atoms with Crippen molar-refractivity contribution in [2.24, 2.45) is 5.73 Å². The maximum atomic E-state index is 12.0. The Morgan fingerprint density at radius 1 is 1.26 bits per heavy atom. The number of nitrogens with one attached hydrogen (secondary N) is 2. The average molecular weight is 319 g/mol. The van der Waals surface area contributed by atoms with Crippen molar-refractivity contribution in [2.75, 3.05) is 6.54 Å². The van der Waals surface area contributed by atoms with Crippen molar-refractivity contribution >= 4 is 27.4 Å². The molecule has 0 heterocycles. The summed E-state index contributed by atoms with van der Waals surface area (Å²) >= 11 is 4.85. The van der Waals surface area contributed by atoms with Gasteiger partial charge in [0.25, 0.3) is 10.2 Å². The van der Waals surface area contributed by atoms with Gasteiger partial charge in [-0.15, -0.1) is 0 Å². The molecule has 10 heteroatoms. The van der Waals surface area contributed by atoms with Gasteiger partial charge < -0.3 is 5.73 Å². The zero-order chi connectivity index (χ0) is 14.7. The fraction of sp³-hybridized carbons (Fsp3) is 0.889. The Kier molecular flexibility index (Phi) is 5.15. The molecule has 0 unspecified atom stereocenters. The van der Waals surface area contributed by atoms with Crippen LogP contribution in [0.15, 0.2) is 0 Å². The van der Waals surface area contributed by atoms with Crippen LogP contribution in [-0.2, 0) is 10.2 Å². The number of halogens is 3. The van der Waals surface area contributed by atoms with Crippen molar-refractivity contribution in [3.05, 3.63) is 0 Å². The number of thiocarbonyl (C=S) groups is 1. The van der Waals surface area contributed by atoms with E-state index in [0.29, 0.717) is 12.8 Å². The lowest BCUT2D eigenvalue weighted by Crippen LogP contribution is -2.60. The first-order chi connectivity index (χ1) is 8.56. The van der Waals surface area contributed by atoms with Crippen molar-refractivity contribution in [2.45, 2.75) is 43.8 Å². The molecule has 0 radical (unpaired) electrons. The SMILES string of the molecule is NC(=S)C1(NS(=O)(=O)NCC(F)(F)F)CCCCC1. The highest BCUT2D eigenvalue weighted by Crippen LogP contribution is 2.29. The van der Waals surface area contributed by atoms with Gasteiger partial charge in [-0.05, 0) is 12.8 Å². The Morgan fingerprint density at radius 2 is 1.79 bits per heavy atom. The molecule has 112 valence electrons. The van der Waals surface area contributed by atoms with Crippen LogP contribution < -0.4 is 15.2 Å². The predicted octanol–water partition coefficient (Wildman–Crippen LogP) is 0.962. The molecule has 0 aromatic rings. The zero-order valence-corrected chi connectivity index (χ0v) is 11.7. The molecule has 0 aromatic heterocycles. The van der Waals surface area contributed by atoms with Crippen LogP contribution in [0.3, 0.4) is 0 Å². The molecule has 1 rings (SSSR count). The molecule has 0 bridgehead atoms. The third-order valence-electron chi connectivity index (χ3n) is 2.97. The van der Waals surface area contributed by atoms with E-state index in [1.54, 1.807) is 0 Å². The lowest BCUT2D eigenvalue weighted by atomic mass is 9.82. The molecule has 0 atom stereocenters. The molecule has 0 aromatic carbocycles. The van der Waals surface area contributed by atoms with E-state index in [9.17, 15) is 21.6 Å². The summed E-state index contributed by atoms with van der Waals surface area (Å²) in [6, 6.07) is 0. The minimum Gasteiger partial charge on any atom is -0.392 e. The third kappa shape index (κ3) is 5.21. The summed E-state index contributed by atoms with van der Waals surface area (Å²) in [7, 11) is -4.31. The molecular weight excluding hydrogens is 303 g/mol. The van der Waals surface area contributed by atoms with Crippen LogP contribution >= 0.6 is 12.2 Å². The van der Waals surface area contributed by atoms with E-state index in [1.165, 1.54) is 4.72 Å². The van der Waals surface area contributed by atoms with Gasteiger partial charge in [-0.1, -0.05) is 31.5 Å². The largest absolute Gasteiger partial charge is 0.402 e. The molecular formula is C9H16F3N3O2S2. The summed E-state index contributed by atoms with van der Waals surface area (Å²) in [5, 5.41) is 0. The van der Waals surface area contributed by atoms with Gasteiger partial charge in [-0.2, -0.15) is 31.0 Å². The molecule has 5 nitrogen and oxygen atoms in total. The summed E-state index contributed by atoms with van der Waals surface area (Å²) < 4.78 is 62.9. The van der Waals surface area contributed by atoms with Gasteiger partial charge in [0.15, 0.2) is 0 Å². The molecule has 0 saturated heterocycles. The number of nitrogens with two attached hydrogens (primary N) is 1. The summed E-state index contributed by atoms with van der Waals surface area (Å²) in [5.74, 6) is 0. The summed E-state index contributed by atoms with van der Waals surface area (Å²) in [6.07, 6.45) is -1.46. The molecule has 19 heavy (non-hydrogen) atoms. The van der Waals surface area contributed by atoms with Gasteiger partial charge in [0.05, 0.1) is 10.5 Å². The van der Waals surface area contributed by atoms with Crippen LogP contribution in [0.25, 0.3) is 0 Å². The first-order valence-electron chi connectivity index (χ1n) is 5.72. The lowest BCUT2D eigenvalue weighted by Gasteiger charge is -2.36. The maximum Gasteiger partial charge on any atom is 0.402 e. The fourth-order valence-electron chi connectivity index (χ4n) is 2.02. The Labute approximate surface area is 115 Å². The molecule has 4 N–H and O–H groups in total. The number of hydrogen-bond donors (Lipinski definition) is 3. The molecule has 0 aliphatic heterocycles. The van der Waals surface area contributed by atoms with Crippen LogP contribution in [0, 0.1) is 0 Å². The van der Waals surface area contributed by atoms with Crippen molar-refractivity contribution in [1.82, 2.24) is 9.44 Å². The molecule has 1 saturated carbocycles. The third-order valence-corrected chi connectivity index (χ3v) is 4.55. The number of alkyl halides is 3. The Balaban J connectivity index is 2.76. The molecule has 1 fully saturated rings. The standard InChI is InChI=1S/C9H16F3N3O2S2/c10-9(11,12)6-14-19(16,17)15-8(7(13)18)4-2-1-3-5-8/h14-15H,1-6H2,(H2,13,18). The van der Waals surface area contributed by atoms with E-state index in [4.69, 9.17) is 18.0 Å². The second kappa shape index (κ2) is 5.90. The van der Waals surface area contributed by atoms with Gasteiger partial charge in [0.1, 0.15) is 6.54 Å². The first kappa shape index (κ1) is 16.6. The molecule has 0 spiro atoms. The molecule has 0 amide bonds. The highest BCUT2D eigenvalue weighted by molar-refractivity contribution is 7.87. The average Bonchev–Trinajstić information content (AvgIpc) is 2.26. The van der Waals surface area contributed by atoms with Crippen molar-refractivity contribution in [3.8, 4) is 0 Å². The highest BCUT2D eigenvalue weighted by atomic mass is 32.2. The van der Waals surface area contributed by atoms with Crippen molar-refractivity contribution in [3.63, 3.8) is 0 Å². The van der Waals surface area contributed by atoms with E-state index in [1.807, 2.05) is 0 Å². The Morgan fingerprint density at radius 3 is 2.21 bits per heavy atom. The van der Waals surface area contributed by atoms with E-state index in [2.05, 4.69) is 4.72 Å². The molecule has 1 aliphatic rings. The fourth-order valence-corrected chi connectivity index (χ4v) is 3.60. The summed E-state index contributed by atoms with van der Waals surface area (Å²) in [5.41, 5.74) is 4.43. The van der Waals surface area contributed by atoms with E-state index < -0.39 is 28.5 Å². The lowest BCUT2D eigenvalue weighted by molar-refractivity contribution is -0.121. The van der Waals surface area contributed by atoms with Crippen LogP contribution in [0.5, 0.6) is 0 Å². The van der Waals surface area contributed by atoms with E-state index >= 15 is 0 Å². The van der Waals surface area contributed by atoms with E-state index in [0.717, 1.165) is 19.3 Å². The zero-order valence-electron chi connectivity index (χ0n) is 10.1. The van der Waals surface area contributed by atoms with Crippen molar-refractivity contribution < 1.29 is 21.6 Å². The van der Waals surface area contributed by atoms with E-state index in [-0.39, 0.29) is 4.99 Å². The van der Waals surface area contributed by atoms with Crippen LogP contribution in [0.1, 0.15) is 32.1 Å². The quantitative estimate of drug-likeness (QED) is 0.659. The topological polar surface area (TPSA) is 84.2 Å². The van der Waals surface area contributed by atoms with Crippen LogP contribution in [0.4, 0.5) is 13.2 Å². The monoisotopic (exact) mass is 319 g/mol. The highest BCUT2D eigenvalue weighted by Gasteiger charge is 2.39. The van der Waals surface area contributed by atoms with Crippen LogP contribution in [-0.4, -0.2) is 31.7 Å². The maximum absolute atomic E-state index is 12.0. The smallest absolute Gasteiger partial charge is 0.392 e. The minimum absolute atomic E-state index is 0.0374. The van der Waals surface area contributed by atoms with Gasteiger partial charge in [0, 0.05) is 0 Å². The van der Waals surface area contributed by atoms with Gasteiger partial charge >= 0.3 is 6.18 Å². The first-order valence-corrected chi connectivity index (χ1v) is 7.61. The second-order valence-corrected chi connectivity index (χ2v) is 6.49. The number of rotatable bonds is 5.